The summed E-state index contributed by atoms with van der Waals surface area (Å²) in [7, 11) is 1.61. The molecule has 8 heteroatoms. The van der Waals surface area contributed by atoms with E-state index in [1.54, 1.807) is 7.11 Å². The molecule has 1 aromatic heterocycles. The molecule has 1 unspecified atom stereocenters. The smallest absolute Gasteiger partial charge is 0.257 e. The van der Waals surface area contributed by atoms with E-state index in [4.69, 9.17) is 21.3 Å². The summed E-state index contributed by atoms with van der Waals surface area (Å²) in [6.45, 7) is 4.18. The molecular weight excluding hydrogens is 482 g/mol. The second-order valence-electron chi connectivity index (χ2n) is 9.68. The third-order valence-corrected chi connectivity index (χ3v) is 7.76. The van der Waals surface area contributed by atoms with Crippen molar-refractivity contribution in [2.45, 2.75) is 43.5 Å². The molecule has 1 atom stereocenters. The minimum atomic E-state index is -0.491. The van der Waals surface area contributed by atoms with Gasteiger partial charge in [-0.1, -0.05) is 67.5 Å². The van der Waals surface area contributed by atoms with Gasteiger partial charge in [-0.25, -0.2) is 4.98 Å². The van der Waals surface area contributed by atoms with E-state index in [1.165, 1.54) is 11.8 Å². The number of thioether (sulfide) groups is 1. The topological polar surface area (TPSA) is 84.1 Å². The van der Waals surface area contributed by atoms with Crippen LogP contribution in [0.15, 0.2) is 69.8 Å². The van der Waals surface area contributed by atoms with Crippen molar-refractivity contribution in [3.63, 3.8) is 0 Å². The number of hydrogen-bond donors (Lipinski definition) is 2. The Hall–Kier alpha value is -3.03. The average Bonchev–Trinajstić information content (AvgIpc) is 2.81. The quantitative estimate of drug-likeness (QED) is 0.329. The van der Waals surface area contributed by atoms with Crippen molar-refractivity contribution in [2.24, 2.45) is 5.41 Å². The number of rotatable bonds is 5. The molecule has 0 spiro atoms. The van der Waals surface area contributed by atoms with Crippen LogP contribution in [0.3, 0.4) is 0 Å². The van der Waals surface area contributed by atoms with Crippen molar-refractivity contribution in [3.8, 4) is 5.75 Å². The van der Waals surface area contributed by atoms with Gasteiger partial charge >= 0.3 is 0 Å². The van der Waals surface area contributed by atoms with Crippen molar-refractivity contribution in [2.75, 3.05) is 12.4 Å². The molecule has 0 saturated carbocycles. The molecule has 1 aliphatic heterocycles. The largest absolute Gasteiger partial charge is 0.497 e. The Morgan fingerprint density at radius 2 is 1.86 bits per heavy atom. The lowest BCUT2D eigenvalue weighted by Gasteiger charge is -2.38. The number of ketones is 1. The van der Waals surface area contributed by atoms with Crippen LogP contribution in [0.25, 0.3) is 0 Å². The van der Waals surface area contributed by atoms with E-state index >= 15 is 0 Å². The number of nitrogens with zero attached hydrogens (tertiary/aromatic N) is 1. The molecule has 6 nitrogen and oxygen atoms in total. The van der Waals surface area contributed by atoms with Crippen molar-refractivity contribution in [3.05, 3.63) is 91.9 Å². The lowest BCUT2D eigenvalue weighted by Crippen LogP contribution is -2.37. The average molecular weight is 508 g/mol. The maximum atomic E-state index is 13.4. The monoisotopic (exact) mass is 507 g/mol. The van der Waals surface area contributed by atoms with Crippen LogP contribution in [0.2, 0.25) is 5.02 Å². The maximum absolute atomic E-state index is 13.4. The van der Waals surface area contributed by atoms with Gasteiger partial charge in [-0.05, 0) is 41.2 Å². The first kappa shape index (κ1) is 23.7. The Kier molecular flexibility index (Phi) is 6.23. The first-order valence-corrected chi connectivity index (χ1v) is 12.8. The minimum absolute atomic E-state index is 0.0618. The van der Waals surface area contributed by atoms with Gasteiger partial charge in [-0.15, -0.1) is 0 Å². The number of anilines is 1. The van der Waals surface area contributed by atoms with Gasteiger partial charge in [0.25, 0.3) is 5.56 Å². The predicted molar refractivity (Wildman–Crippen MR) is 139 cm³/mol. The Morgan fingerprint density at radius 3 is 2.57 bits per heavy atom. The van der Waals surface area contributed by atoms with Gasteiger partial charge in [0.15, 0.2) is 10.9 Å². The van der Waals surface area contributed by atoms with Gasteiger partial charge in [0.2, 0.25) is 0 Å². The summed E-state index contributed by atoms with van der Waals surface area (Å²) >= 11 is 7.71. The maximum Gasteiger partial charge on any atom is 0.257 e. The van der Waals surface area contributed by atoms with Gasteiger partial charge in [0, 0.05) is 34.4 Å². The van der Waals surface area contributed by atoms with E-state index in [2.05, 4.69) is 24.1 Å². The van der Waals surface area contributed by atoms with E-state index < -0.39 is 5.92 Å². The second-order valence-corrected chi connectivity index (χ2v) is 11.0. The van der Waals surface area contributed by atoms with Crippen molar-refractivity contribution < 1.29 is 9.53 Å². The lowest BCUT2D eigenvalue weighted by atomic mass is 9.69. The molecular formula is C27H26ClN3O3S. The fourth-order valence-electron chi connectivity index (χ4n) is 4.85. The number of nitrogens with one attached hydrogen (secondary N) is 2. The van der Waals surface area contributed by atoms with Crippen molar-refractivity contribution in [1.29, 1.82) is 0 Å². The standard InChI is InChI=1S/C27H26ClN3O3S/c1-27(2)12-19-22(20(32)13-27)21(15-8-10-17(34-3)11-9-15)23-24(29-19)30-26(31-25(23)33)35-14-16-6-4-5-7-18(16)28/h4-11,21H,12-14H2,1-3H3,(H2,29,30,31,33). The number of Topliss-reactive ketones (excluding diaryl/α,β-unsaturated/α-hetero) is 1. The van der Waals surface area contributed by atoms with Crippen LogP contribution < -0.4 is 15.6 Å². The molecule has 0 radical (unpaired) electrons. The zero-order valence-electron chi connectivity index (χ0n) is 19.8. The molecule has 2 aromatic carbocycles. The molecule has 1 aliphatic carbocycles. The van der Waals surface area contributed by atoms with E-state index in [9.17, 15) is 9.59 Å². The summed E-state index contributed by atoms with van der Waals surface area (Å²) in [5.74, 6) is 1.36. The normalized spacial score (nSPS) is 18.5. The number of halogens is 1. The van der Waals surface area contributed by atoms with Crippen molar-refractivity contribution in [1.82, 2.24) is 9.97 Å². The highest BCUT2D eigenvalue weighted by atomic mass is 35.5. The van der Waals surface area contributed by atoms with Crippen LogP contribution >= 0.6 is 23.4 Å². The summed E-state index contributed by atoms with van der Waals surface area (Å²) in [6.07, 6.45) is 1.14. The Balaban J connectivity index is 1.58. The molecule has 0 amide bonds. The van der Waals surface area contributed by atoms with Crippen LogP contribution in [-0.4, -0.2) is 22.9 Å². The van der Waals surface area contributed by atoms with Gasteiger partial charge in [-0.2, -0.15) is 0 Å². The van der Waals surface area contributed by atoms with Gasteiger partial charge in [0.1, 0.15) is 11.6 Å². The Labute approximate surface area is 213 Å². The van der Waals surface area contributed by atoms with Gasteiger partial charge in [-0.3, -0.25) is 9.59 Å². The highest BCUT2D eigenvalue weighted by Crippen LogP contribution is 2.47. The van der Waals surface area contributed by atoms with Crippen LogP contribution in [0.5, 0.6) is 5.75 Å². The van der Waals surface area contributed by atoms with Crippen molar-refractivity contribution >= 4 is 35.0 Å². The van der Waals surface area contributed by atoms with Crippen LogP contribution in [0.4, 0.5) is 5.82 Å². The summed E-state index contributed by atoms with van der Waals surface area (Å²) in [5.41, 5.74) is 3.36. The summed E-state index contributed by atoms with van der Waals surface area (Å²) < 4.78 is 5.31. The van der Waals surface area contributed by atoms with E-state index in [0.29, 0.717) is 51.5 Å². The van der Waals surface area contributed by atoms with Crippen LogP contribution in [-0.2, 0) is 10.5 Å². The third-order valence-electron chi connectivity index (χ3n) is 6.47. The number of methoxy groups -OCH3 is 1. The summed E-state index contributed by atoms with van der Waals surface area (Å²) in [4.78, 5) is 34.5. The first-order valence-electron chi connectivity index (χ1n) is 11.4. The number of allylic oxidation sites excluding steroid dienone is 2. The molecule has 2 heterocycles. The number of hydrogen-bond acceptors (Lipinski definition) is 6. The summed E-state index contributed by atoms with van der Waals surface area (Å²) in [5, 5.41) is 4.54. The fraction of sp³-hybridized carbons (Fsp3) is 0.296. The molecule has 2 aliphatic rings. The van der Waals surface area contributed by atoms with E-state index in [0.717, 1.165) is 16.8 Å². The molecule has 0 fully saturated rings. The molecule has 0 saturated heterocycles. The Bertz CT molecular complexity index is 1400. The van der Waals surface area contributed by atoms with E-state index in [1.807, 2.05) is 48.5 Å². The number of ether oxygens (including phenoxy) is 1. The number of benzene rings is 2. The molecule has 180 valence electrons. The summed E-state index contributed by atoms with van der Waals surface area (Å²) in [6, 6.07) is 15.1. The number of fused-ring (bicyclic) bond motifs is 1. The van der Waals surface area contributed by atoms with Crippen LogP contribution in [0, 0.1) is 5.41 Å². The molecule has 5 rings (SSSR count). The number of carbonyl (C=O) groups is 1. The SMILES string of the molecule is COc1ccc(C2C3=C(CC(C)(C)CC3=O)Nc3nc(SCc4ccccc4Cl)[nH]c(=O)c32)cc1. The first-order chi connectivity index (χ1) is 16.8. The fourth-order valence-corrected chi connectivity index (χ4v) is 6.00. The lowest BCUT2D eigenvalue weighted by molar-refractivity contribution is -0.118. The van der Waals surface area contributed by atoms with E-state index in [-0.39, 0.29) is 16.8 Å². The zero-order valence-corrected chi connectivity index (χ0v) is 21.3. The molecule has 0 bridgehead atoms. The second kappa shape index (κ2) is 9.21. The molecule has 3 aromatic rings. The number of carbonyl (C=O) groups excluding carboxylic acids is 1. The van der Waals surface area contributed by atoms with Gasteiger partial charge in [0.05, 0.1) is 12.7 Å². The zero-order chi connectivity index (χ0) is 24.7. The molecule has 2 N–H and O–H groups in total. The highest BCUT2D eigenvalue weighted by Gasteiger charge is 2.42. The number of aromatic amines is 1. The van der Waals surface area contributed by atoms with Gasteiger partial charge < -0.3 is 15.0 Å². The number of aromatic nitrogens is 2. The Morgan fingerprint density at radius 1 is 1.11 bits per heavy atom. The molecule has 35 heavy (non-hydrogen) atoms. The minimum Gasteiger partial charge on any atom is -0.497 e. The third kappa shape index (κ3) is 4.62. The highest BCUT2D eigenvalue weighted by molar-refractivity contribution is 7.98. The number of H-pyrrole nitrogens is 1. The van der Waals surface area contributed by atoms with Crippen LogP contribution in [0.1, 0.15) is 49.3 Å². The predicted octanol–water partition coefficient (Wildman–Crippen LogP) is 5.92.